The van der Waals surface area contributed by atoms with Gasteiger partial charge in [-0.05, 0) is 79.9 Å². The number of hydrogen-bond donors (Lipinski definition) is 1. The van der Waals surface area contributed by atoms with Gasteiger partial charge in [0.1, 0.15) is 5.82 Å². The zero-order valence-corrected chi connectivity index (χ0v) is 21.8. The number of aromatic nitrogens is 2. The molecule has 1 saturated heterocycles. The average molecular weight is 552 g/mol. The lowest BCUT2D eigenvalue weighted by molar-refractivity contribution is -0.126. The zero-order chi connectivity index (χ0) is 24.2. The Morgan fingerprint density at radius 2 is 1.83 bits per heavy atom. The normalized spacial score (nSPS) is 16.5. The predicted octanol–water partition coefficient (Wildman–Crippen LogP) is 6.01. The summed E-state index contributed by atoms with van der Waals surface area (Å²) in [5.41, 5.74) is 4.34. The minimum Gasteiger partial charge on any atom is -0.355 e. The van der Waals surface area contributed by atoms with Crippen molar-refractivity contribution < 1.29 is 4.79 Å². The minimum absolute atomic E-state index is 0.000484. The quantitative estimate of drug-likeness (QED) is 0.306. The lowest BCUT2D eigenvalue weighted by Crippen LogP contribution is -2.43. The van der Waals surface area contributed by atoms with Crippen molar-refractivity contribution in [2.45, 2.75) is 25.8 Å². The summed E-state index contributed by atoms with van der Waals surface area (Å²) < 4.78 is 3.28. The van der Waals surface area contributed by atoms with Crippen LogP contribution in [0.15, 0.2) is 77.3 Å². The van der Waals surface area contributed by atoms with E-state index in [4.69, 9.17) is 16.6 Å². The van der Waals surface area contributed by atoms with Gasteiger partial charge in [0.05, 0.1) is 23.5 Å². The Labute approximate surface area is 219 Å². The lowest BCUT2D eigenvalue weighted by atomic mass is 9.97. The van der Waals surface area contributed by atoms with Gasteiger partial charge in [0.15, 0.2) is 0 Å². The molecule has 1 aliphatic heterocycles. The van der Waals surface area contributed by atoms with E-state index in [9.17, 15) is 4.79 Å². The molecule has 5 rings (SSSR count). The van der Waals surface area contributed by atoms with Crippen molar-refractivity contribution in [1.82, 2.24) is 19.8 Å². The molecule has 2 heterocycles. The molecule has 0 radical (unpaired) electrons. The third kappa shape index (κ3) is 5.77. The van der Waals surface area contributed by atoms with Crippen LogP contribution in [0.3, 0.4) is 0 Å². The van der Waals surface area contributed by atoms with Crippen molar-refractivity contribution in [2.24, 2.45) is 5.92 Å². The fourth-order valence-electron chi connectivity index (χ4n) is 4.80. The number of nitrogens with one attached hydrogen (secondary N) is 1. The maximum atomic E-state index is 12.9. The van der Waals surface area contributed by atoms with Crippen molar-refractivity contribution >= 4 is 44.5 Å². The standard InChI is InChI=1S/C28H28BrClN4O/c29-22-9-13-24(14-10-22)34-26-6-2-1-5-25(26)32-27(34)19-33-17-3-4-21(18-33)28(35)31-16-15-20-7-11-23(30)12-8-20/h1-2,5-14,21H,3-4,15-19H2,(H,31,35)/t21-/m1/s1. The van der Waals surface area contributed by atoms with Crippen LogP contribution in [-0.2, 0) is 17.8 Å². The van der Waals surface area contributed by atoms with Gasteiger partial charge in [-0.1, -0.05) is 51.8 Å². The second-order valence-electron chi connectivity index (χ2n) is 9.07. The topological polar surface area (TPSA) is 50.2 Å². The fraction of sp³-hybridized carbons (Fsp3) is 0.286. The van der Waals surface area contributed by atoms with Crippen molar-refractivity contribution in [3.05, 3.63) is 93.7 Å². The molecule has 0 aliphatic carbocycles. The maximum absolute atomic E-state index is 12.9. The van der Waals surface area contributed by atoms with E-state index in [1.165, 1.54) is 5.56 Å². The highest BCUT2D eigenvalue weighted by molar-refractivity contribution is 9.10. The third-order valence-electron chi connectivity index (χ3n) is 6.58. The Balaban J connectivity index is 1.26. The Hall–Kier alpha value is -2.67. The molecule has 0 unspecified atom stereocenters. The summed E-state index contributed by atoms with van der Waals surface area (Å²) >= 11 is 9.50. The van der Waals surface area contributed by atoms with Crippen LogP contribution in [0.25, 0.3) is 16.7 Å². The van der Waals surface area contributed by atoms with Gasteiger partial charge in [0, 0.05) is 28.3 Å². The van der Waals surface area contributed by atoms with Crippen LogP contribution < -0.4 is 5.32 Å². The van der Waals surface area contributed by atoms with Crippen LogP contribution in [-0.4, -0.2) is 40.0 Å². The number of likely N-dealkylation sites (tertiary alicyclic amines) is 1. The summed E-state index contributed by atoms with van der Waals surface area (Å²) in [4.78, 5) is 20.2. The van der Waals surface area contributed by atoms with E-state index in [-0.39, 0.29) is 11.8 Å². The molecule has 5 nitrogen and oxygen atoms in total. The second-order valence-corrected chi connectivity index (χ2v) is 10.4. The first-order chi connectivity index (χ1) is 17.1. The summed E-state index contributed by atoms with van der Waals surface area (Å²) in [6, 6.07) is 24.4. The number of hydrogen-bond acceptors (Lipinski definition) is 3. The molecule has 4 aromatic rings. The molecule has 1 N–H and O–H groups in total. The summed E-state index contributed by atoms with van der Waals surface area (Å²) in [7, 11) is 0. The largest absolute Gasteiger partial charge is 0.355 e. The van der Waals surface area contributed by atoms with Gasteiger partial charge in [0.25, 0.3) is 0 Å². The molecule has 1 aliphatic rings. The smallest absolute Gasteiger partial charge is 0.224 e. The summed E-state index contributed by atoms with van der Waals surface area (Å²) in [6.45, 7) is 3.06. The van der Waals surface area contributed by atoms with Gasteiger partial charge >= 0.3 is 0 Å². The number of carbonyl (C=O) groups excluding carboxylic acids is 1. The Kier molecular flexibility index (Phi) is 7.51. The summed E-state index contributed by atoms with van der Waals surface area (Å²) in [5, 5.41) is 3.87. The summed E-state index contributed by atoms with van der Waals surface area (Å²) in [6.07, 6.45) is 2.73. The molecular formula is C28H28BrClN4O. The first-order valence-electron chi connectivity index (χ1n) is 12.0. The number of halogens is 2. The van der Waals surface area contributed by atoms with Gasteiger partial charge in [-0.2, -0.15) is 0 Å². The van der Waals surface area contributed by atoms with Crippen LogP contribution in [0.4, 0.5) is 0 Å². The van der Waals surface area contributed by atoms with E-state index in [1.54, 1.807) is 0 Å². The number of carbonyl (C=O) groups is 1. The molecule has 0 bridgehead atoms. The number of piperidine rings is 1. The fourth-order valence-corrected chi connectivity index (χ4v) is 5.19. The molecule has 1 fully saturated rings. The highest BCUT2D eigenvalue weighted by Crippen LogP contribution is 2.25. The third-order valence-corrected chi connectivity index (χ3v) is 7.36. The van der Waals surface area contributed by atoms with Crippen LogP contribution in [0.5, 0.6) is 0 Å². The molecule has 0 saturated carbocycles. The van der Waals surface area contributed by atoms with Crippen molar-refractivity contribution in [3.8, 4) is 5.69 Å². The SMILES string of the molecule is O=C(NCCc1ccc(Cl)cc1)[C@@H]1CCCN(Cc2nc3ccccc3n2-c2ccc(Br)cc2)C1. The molecule has 1 atom stereocenters. The Morgan fingerprint density at radius 1 is 1.06 bits per heavy atom. The molecule has 0 spiro atoms. The van der Waals surface area contributed by atoms with E-state index in [2.05, 4.69) is 73.2 Å². The summed E-state index contributed by atoms with van der Waals surface area (Å²) in [5.74, 6) is 1.14. The Morgan fingerprint density at radius 3 is 2.63 bits per heavy atom. The number of rotatable bonds is 7. The number of para-hydroxylation sites is 2. The second kappa shape index (κ2) is 10.9. The van der Waals surface area contributed by atoms with Crippen molar-refractivity contribution in [2.75, 3.05) is 19.6 Å². The van der Waals surface area contributed by atoms with Crippen LogP contribution in [0.1, 0.15) is 24.2 Å². The molecule has 1 amide bonds. The first-order valence-corrected chi connectivity index (χ1v) is 13.2. The molecule has 35 heavy (non-hydrogen) atoms. The predicted molar refractivity (Wildman–Crippen MR) is 145 cm³/mol. The molecule has 1 aromatic heterocycles. The van der Waals surface area contributed by atoms with E-state index in [1.807, 2.05) is 30.3 Å². The maximum Gasteiger partial charge on any atom is 0.224 e. The highest BCUT2D eigenvalue weighted by Gasteiger charge is 2.27. The van der Waals surface area contributed by atoms with E-state index in [0.29, 0.717) is 13.1 Å². The average Bonchev–Trinajstić information content (AvgIpc) is 3.23. The van der Waals surface area contributed by atoms with E-state index in [0.717, 1.165) is 64.4 Å². The number of benzene rings is 3. The minimum atomic E-state index is -0.000484. The molecule has 180 valence electrons. The van der Waals surface area contributed by atoms with Crippen molar-refractivity contribution in [3.63, 3.8) is 0 Å². The van der Waals surface area contributed by atoms with Gasteiger partial charge in [0.2, 0.25) is 5.91 Å². The van der Waals surface area contributed by atoms with Crippen LogP contribution in [0, 0.1) is 5.92 Å². The highest BCUT2D eigenvalue weighted by atomic mass is 79.9. The monoisotopic (exact) mass is 550 g/mol. The van der Waals surface area contributed by atoms with Gasteiger partial charge in [-0.15, -0.1) is 0 Å². The van der Waals surface area contributed by atoms with Crippen LogP contribution in [0.2, 0.25) is 5.02 Å². The lowest BCUT2D eigenvalue weighted by Gasteiger charge is -2.31. The number of fused-ring (bicyclic) bond motifs is 1. The molecule has 3 aromatic carbocycles. The van der Waals surface area contributed by atoms with Crippen LogP contribution >= 0.6 is 27.5 Å². The van der Waals surface area contributed by atoms with Gasteiger partial charge in [-0.3, -0.25) is 14.3 Å². The molecule has 7 heteroatoms. The van der Waals surface area contributed by atoms with E-state index >= 15 is 0 Å². The molecular weight excluding hydrogens is 524 g/mol. The van der Waals surface area contributed by atoms with Gasteiger partial charge in [-0.25, -0.2) is 4.98 Å². The first kappa shape index (κ1) is 24.0. The Bertz CT molecular complexity index is 1300. The van der Waals surface area contributed by atoms with E-state index < -0.39 is 0 Å². The van der Waals surface area contributed by atoms with Gasteiger partial charge < -0.3 is 5.32 Å². The van der Waals surface area contributed by atoms with Crippen molar-refractivity contribution in [1.29, 1.82) is 0 Å². The number of imidazole rings is 1. The number of nitrogens with zero attached hydrogens (tertiary/aromatic N) is 3. The number of amides is 1. The zero-order valence-electron chi connectivity index (χ0n) is 19.5.